The number of nitrogens with zero attached hydrogens (tertiary/aromatic N) is 2. The molecule has 2 aromatic carbocycles. The Bertz CT molecular complexity index is 1060. The number of halogens is 1. The molecule has 0 unspecified atom stereocenters. The highest BCUT2D eigenvalue weighted by atomic mass is 35.5. The maximum atomic E-state index is 12.2. The van der Waals surface area contributed by atoms with Gasteiger partial charge in [0.05, 0.1) is 17.4 Å². The molecule has 126 valence electrons. The molecule has 0 spiro atoms. The monoisotopic (exact) mass is 352 g/mol. The Morgan fingerprint density at radius 1 is 0.960 bits per heavy atom. The number of hydrogen-bond acceptors (Lipinski definition) is 2. The number of urea groups is 1. The van der Waals surface area contributed by atoms with Gasteiger partial charge >= 0.3 is 6.03 Å². The summed E-state index contributed by atoms with van der Waals surface area (Å²) >= 11 is 0. The van der Waals surface area contributed by atoms with Crippen LogP contribution in [0.3, 0.4) is 0 Å². The van der Waals surface area contributed by atoms with Crippen LogP contribution in [0.2, 0.25) is 0 Å². The number of fused-ring (bicyclic) bond motifs is 2. The number of hydrogen-bond donors (Lipinski definition) is 2. The van der Waals surface area contributed by atoms with Crippen molar-refractivity contribution in [1.82, 2.24) is 9.55 Å². The Hall–Kier alpha value is -3.05. The summed E-state index contributed by atoms with van der Waals surface area (Å²) in [5.74, 6) is 0. The van der Waals surface area contributed by atoms with Gasteiger partial charge in [-0.25, -0.2) is 4.79 Å². The largest absolute Gasteiger partial charge is 0.351 e. The number of carbonyl (C=O) groups excluding carboxylic acids is 1. The SMILES string of the molecule is Cl.Cn1ccc2cc(NC(=O)Nc3cnc4ccccc4c3)ccc21. The van der Waals surface area contributed by atoms with Crippen LogP contribution >= 0.6 is 12.4 Å². The second kappa shape index (κ2) is 6.83. The van der Waals surface area contributed by atoms with Crippen LogP contribution in [0, 0.1) is 0 Å². The Labute approximate surface area is 151 Å². The Morgan fingerprint density at radius 3 is 2.60 bits per heavy atom. The van der Waals surface area contributed by atoms with Crippen LogP contribution in [0.5, 0.6) is 0 Å². The van der Waals surface area contributed by atoms with E-state index in [0.29, 0.717) is 5.69 Å². The van der Waals surface area contributed by atoms with Crippen molar-refractivity contribution in [1.29, 1.82) is 0 Å². The van der Waals surface area contributed by atoms with Crippen LogP contribution < -0.4 is 10.6 Å². The van der Waals surface area contributed by atoms with Gasteiger partial charge in [0, 0.05) is 35.2 Å². The normalized spacial score (nSPS) is 10.4. The number of aromatic nitrogens is 2. The number of aryl methyl sites for hydroxylation is 1. The molecule has 5 nitrogen and oxygen atoms in total. The highest BCUT2D eigenvalue weighted by molar-refractivity contribution is 6.01. The second-order valence-corrected chi connectivity index (χ2v) is 5.70. The molecule has 0 aliphatic heterocycles. The van der Waals surface area contributed by atoms with Gasteiger partial charge in [0.2, 0.25) is 0 Å². The van der Waals surface area contributed by atoms with Gasteiger partial charge in [0.25, 0.3) is 0 Å². The van der Waals surface area contributed by atoms with Crippen molar-refractivity contribution in [3.8, 4) is 0 Å². The van der Waals surface area contributed by atoms with E-state index in [1.807, 2.05) is 72.4 Å². The summed E-state index contributed by atoms with van der Waals surface area (Å²) in [5, 5.41) is 7.74. The summed E-state index contributed by atoms with van der Waals surface area (Å²) in [4.78, 5) is 16.5. The highest BCUT2D eigenvalue weighted by Crippen LogP contribution is 2.20. The quantitative estimate of drug-likeness (QED) is 0.544. The predicted octanol–water partition coefficient (Wildman–Crippen LogP) is 4.79. The lowest BCUT2D eigenvalue weighted by molar-refractivity contribution is 0.262. The van der Waals surface area contributed by atoms with E-state index in [2.05, 4.69) is 15.6 Å². The van der Waals surface area contributed by atoms with Gasteiger partial charge in [0.1, 0.15) is 0 Å². The van der Waals surface area contributed by atoms with Crippen molar-refractivity contribution >= 4 is 51.6 Å². The molecular weight excluding hydrogens is 336 g/mol. The molecule has 0 saturated heterocycles. The molecule has 0 bridgehead atoms. The van der Waals surface area contributed by atoms with E-state index in [-0.39, 0.29) is 18.4 Å². The zero-order valence-corrected chi connectivity index (χ0v) is 14.4. The first-order chi connectivity index (χ1) is 11.7. The number of para-hydroxylation sites is 1. The van der Waals surface area contributed by atoms with E-state index in [4.69, 9.17) is 0 Å². The van der Waals surface area contributed by atoms with Crippen molar-refractivity contribution in [2.24, 2.45) is 7.05 Å². The van der Waals surface area contributed by atoms with Crippen LogP contribution in [0.15, 0.2) is 67.0 Å². The van der Waals surface area contributed by atoms with Crippen molar-refractivity contribution < 1.29 is 4.79 Å². The van der Waals surface area contributed by atoms with Crippen LogP contribution in [0.25, 0.3) is 21.8 Å². The minimum absolute atomic E-state index is 0. The molecular formula is C19H17ClN4O. The van der Waals surface area contributed by atoms with E-state index in [9.17, 15) is 4.79 Å². The van der Waals surface area contributed by atoms with Gasteiger partial charge < -0.3 is 15.2 Å². The van der Waals surface area contributed by atoms with Gasteiger partial charge in [-0.15, -0.1) is 12.4 Å². The lowest BCUT2D eigenvalue weighted by Gasteiger charge is -2.08. The number of amides is 2. The van der Waals surface area contributed by atoms with Crippen molar-refractivity contribution in [3.05, 3.63) is 67.0 Å². The van der Waals surface area contributed by atoms with Crippen molar-refractivity contribution in [3.63, 3.8) is 0 Å². The first-order valence-corrected chi connectivity index (χ1v) is 7.67. The maximum absolute atomic E-state index is 12.2. The molecule has 0 aliphatic rings. The van der Waals surface area contributed by atoms with Crippen molar-refractivity contribution in [2.45, 2.75) is 0 Å². The third-order valence-electron chi connectivity index (χ3n) is 3.99. The fourth-order valence-electron chi connectivity index (χ4n) is 2.79. The zero-order valence-electron chi connectivity index (χ0n) is 13.6. The average Bonchev–Trinajstić information content (AvgIpc) is 2.95. The van der Waals surface area contributed by atoms with E-state index in [1.54, 1.807) is 6.20 Å². The molecule has 2 aromatic heterocycles. The summed E-state index contributed by atoms with van der Waals surface area (Å²) in [6.45, 7) is 0. The number of pyridine rings is 1. The fraction of sp³-hybridized carbons (Fsp3) is 0.0526. The lowest BCUT2D eigenvalue weighted by Crippen LogP contribution is -2.19. The van der Waals surface area contributed by atoms with Gasteiger partial charge in [-0.3, -0.25) is 4.98 Å². The van der Waals surface area contributed by atoms with Crippen LogP contribution in [0.4, 0.5) is 16.2 Å². The van der Waals surface area contributed by atoms with Gasteiger partial charge in [0.15, 0.2) is 0 Å². The number of benzene rings is 2. The Balaban J connectivity index is 0.00000182. The lowest BCUT2D eigenvalue weighted by atomic mass is 10.2. The molecule has 0 saturated carbocycles. The molecule has 4 aromatic rings. The number of carbonyl (C=O) groups is 1. The number of anilines is 2. The summed E-state index contributed by atoms with van der Waals surface area (Å²) < 4.78 is 2.04. The topological polar surface area (TPSA) is 59.0 Å². The third kappa shape index (κ3) is 3.41. The molecule has 4 rings (SSSR count). The molecule has 0 radical (unpaired) electrons. The van der Waals surface area contributed by atoms with E-state index < -0.39 is 0 Å². The summed E-state index contributed by atoms with van der Waals surface area (Å²) in [6.07, 6.45) is 3.65. The third-order valence-corrected chi connectivity index (χ3v) is 3.99. The van der Waals surface area contributed by atoms with Gasteiger partial charge in [-0.2, -0.15) is 0 Å². The summed E-state index contributed by atoms with van der Waals surface area (Å²) in [7, 11) is 1.99. The first kappa shape index (κ1) is 16.8. The van der Waals surface area contributed by atoms with Crippen LogP contribution in [-0.2, 0) is 7.05 Å². The second-order valence-electron chi connectivity index (χ2n) is 5.70. The first-order valence-electron chi connectivity index (χ1n) is 7.67. The van der Waals surface area contributed by atoms with Gasteiger partial charge in [-0.05, 0) is 36.4 Å². The molecule has 2 heterocycles. The van der Waals surface area contributed by atoms with Crippen molar-refractivity contribution in [2.75, 3.05) is 10.6 Å². The fourth-order valence-corrected chi connectivity index (χ4v) is 2.79. The minimum atomic E-state index is -0.289. The maximum Gasteiger partial charge on any atom is 0.323 e. The van der Waals surface area contributed by atoms with E-state index in [1.165, 1.54) is 0 Å². The number of rotatable bonds is 2. The molecule has 6 heteroatoms. The number of nitrogens with one attached hydrogen (secondary N) is 2. The van der Waals surface area contributed by atoms with E-state index >= 15 is 0 Å². The summed E-state index contributed by atoms with van der Waals surface area (Å²) in [6, 6.07) is 17.3. The van der Waals surface area contributed by atoms with Crippen LogP contribution in [-0.4, -0.2) is 15.6 Å². The van der Waals surface area contributed by atoms with E-state index in [0.717, 1.165) is 27.5 Å². The predicted molar refractivity (Wildman–Crippen MR) is 105 cm³/mol. The van der Waals surface area contributed by atoms with Gasteiger partial charge in [-0.1, -0.05) is 18.2 Å². The minimum Gasteiger partial charge on any atom is -0.351 e. The average molecular weight is 353 g/mol. The Kier molecular flexibility index (Phi) is 4.59. The molecule has 2 amide bonds. The summed E-state index contributed by atoms with van der Waals surface area (Å²) in [5.41, 5.74) is 3.43. The van der Waals surface area contributed by atoms with Crippen LogP contribution in [0.1, 0.15) is 0 Å². The molecule has 2 N–H and O–H groups in total. The standard InChI is InChI=1S/C19H16N4O.ClH/c1-23-9-8-14-11-15(6-7-18(14)23)21-19(24)22-16-10-13-4-2-3-5-17(13)20-12-16;/h2-12H,1H3,(H2,21,22,24);1H. The Morgan fingerprint density at radius 2 is 1.72 bits per heavy atom. The molecule has 0 atom stereocenters. The molecule has 0 fully saturated rings. The smallest absolute Gasteiger partial charge is 0.323 e. The highest BCUT2D eigenvalue weighted by Gasteiger charge is 2.06. The zero-order chi connectivity index (χ0) is 16.5. The molecule has 25 heavy (non-hydrogen) atoms. The molecule has 0 aliphatic carbocycles.